The fourth-order valence-electron chi connectivity index (χ4n) is 1.26. The molecule has 1 rings (SSSR count). The van der Waals surface area contributed by atoms with Crippen molar-refractivity contribution >= 4 is 5.95 Å². The molecule has 0 aromatic carbocycles. The van der Waals surface area contributed by atoms with Gasteiger partial charge in [0.15, 0.2) is 0 Å². The first kappa shape index (κ1) is 12.0. The smallest absolute Gasteiger partial charge is 0.224 e. The summed E-state index contributed by atoms with van der Waals surface area (Å²) in [5, 5.41) is 11.1. The summed E-state index contributed by atoms with van der Waals surface area (Å²) in [5.41, 5.74) is 6.19. The number of nitrogens with two attached hydrogens (primary N) is 1. The van der Waals surface area contributed by atoms with Crippen molar-refractivity contribution in [2.45, 2.75) is 33.2 Å². The highest BCUT2D eigenvalue weighted by molar-refractivity contribution is 5.23. The average molecular weight is 211 g/mol. The van der Waals surface area contributed by atoms with Crippen molar-refractivity contribution in [3.8, 4) is 0 Å². The average Bonchev–Trinajstić information content (AvgIpc) is 2.46. The number of nitrogens with zero attached hydrogens (tertiary/aromatic N) is 3. The lowest BCUT2D eigenvalue weighted by Crippen LogP contribution is -2.37. The van der Waals surface area contributed by atoms with Crippen LogP contribution in [-0.4, -0.2) is 27.9 Å². The maximum atomic E-state index is 6.10. The molecule has 86 valence electrons. The van der Waals surface area contributed by atoms with Crippen molar-refractivity contribution in [2.75, 3.05) is 12.4 Å². The van der Waals surface area contributed by atoms with Crippen molar-refractivity contribution in [1.29, 1.82) is 0 Å². The molecule has 0 radical (unpaired) electrons. The number of aromatic nitrogens is 3. The zero-order valence-electron chi connectivity index (χ0n) is 10.2. The second-order valence-corrected chi connectivity index (χ2v) is 4.93. The first-order valence-electron chi connectivity index (χ1n) is 5.18. The van der Waals surface area contributed by atoms with Crippen LogP contribution in [0.2, 0.25) is 0 Å². The normalized spacial score (nSPS) is 14.0. The van der Waals surface area contributed by atoms with Crippen molar-refractivity contribution in [2.24, 2.45) is 18.2 Å². The molecule has 5 heteroatoms. The Hall–Kier alpha value is -1.10. The van der Waals surface area contributed by atoms with E-state index < -0.39 is 0 Å². The van der Waals surface area contributed by atoms with E-state index in [0.29, 0.717) is 0 Å². The Labute approximate surface area is 91.1 Å². The molecule has 1 atom stereocenters. The Kier molecular flexibility index (Phi) is 3.34. The van der Waals surface area contributed by atoms with Gasteiger partial charge in [-0.3, -0.25) is 0 Å². The van der Waals surface area contributed by atoms with Crippen LogP contribution in [0.3, 0.4) is 0 Å². The van der Waals surface area contributed by atoms with Crippen molar-refractivity contribution in [3.05, 3.63) is 5.82 Å². The molecule has 0 aliphatic heterocycles. The zero-order chi connectivity index (χ0) is 11.6. The summed E-state index contributed by atoms with van der Waals surface area (Å²) >= 11 is 0. The SMILES string of the molecule is CNc1nnc(CC(N)C(C)(C)C)n1C. The molecule has 3 N–H and O–H groups in total. The fraction of sp³-hybridized carbons (Fsp3) is 0.800. The minimum absolute atomic E-state index is 0.0881. The number of anilines is 1. The van der Waals surface area contributed by atoms with E-state index in [2.05, 4.69) is 36.3 Å². The van der Waals surface area contributed by atoms with E-state index in [9.17, 15) is 0 Å². The molecule has 1 heterocycles. The molecular weight excluding hydrogens is 190 g/mol. The lowest BCUT2D eigenvalue weighted by atomic mass is 9.85. The summed E-state index contributed by atoms with van der Waals surface area (Å²) in [6.07, 6.45) is 0.745. The third kappa shape index (κ3) is 2.68. The van der Waals surface area contributed by atoms with Gasteiger partial charge in [-0.15, -0.1) is 10.2 Å². The maximum absolute atomic E-state index is 6.10. The first-order valence-corrected chi connectivity index (χ1v) is 5.18. The molecule has 0 amide bonds. The van der Waals surface area contributed by atoms with Crippen molar-refractivity contribution in [3.63, 3.8) is 0 Å². The fourth-order valence-corrected chi connectivity index (χ4v) is 1.26. The maximum Gasteiger partial charge on any atom is 0.224 e. The summed E-state index contributed by atoms with van der Waals surface area (Å²) in [6.45, 7) is 6.40. The molecule has 1 aromatic rings. The number of hydrogen-bond acceptors (Lipinski definition) is 4. The van der Waals surface area contributed by atoms with Gasteiger partial charge < -0.3 is 15.6 Å². The van der Waals surface area contributed by atoms with Gasteiger partial charge in [0.25, 0.3) is 0 Å². The van der Waals surface area contributed by atoms with Crippen LogP contribution in [0.15, 0.2) is 0 Å². The molecule has 15 heavy (non-hydrogen) atoms. The monoisotopic (exact) mass is 211 g/mol. The second kappa shape index (κ2) is 4.18. The minimum Gasteiger partial charge on any atom is -0.357 e. The standard InChI is InChI=1S/C10H21N5/c1-10(2,3)7(11)6-8-13-14-9(12-4)15(8)5/h7H,6,11H2,1-5H3,(H,12,14). The molecule has 5 nitrogen and oxygen atoms in total. The van der Waals surface area contributed by atoms with Gasteiger partial charge >= 0.3 is 0 Å². The highest BCUT2D eigenvalue weighted by atomic mass is 15.3. The van der Waals surface area contributed by atoms with Crippen LogP contribution in [0, 0.1) is 5.41 Å². The van der Waals surface area contributed by atoms with Crippen molar-refractivity contribution < 1.29 is 0 Å². The summed E-state index contributed by atoms with van der Waals surface area (Å²) in [7, 11) is 3.77. The van der Waals surface area contributed by atoms with Gasteiger partial charge in [-0.05, 0) is 5.41 Å². The lowest BCUT2D eigenvalue weighted by molar-refractivity contribution is 0.313. The predicted octanol–water partition coefficient (Wildman–Crippen LogP) is 0.773. The second-order valence-electron chi connectivity index (χ2n) is 4.93. The van der Waals surface area contributed by atoms with Gasteiger partial charge in [0, 0.05) is 26.6 Å². The molecule has 0 bridgehead atoms. The summed E-state index contributed by atoms with van der Waals surface area (Å²) in [5.74, 6) is 1.69. The van der Waals surface area contributed by atoms with Gasteiger partial charge in [-0.1, -0.05) is 20.8 Å². The number of hydrogen-bond donors (Lipinski definition) is 2. The van der Waals surface area contributed by atoms with E-state index >= 15 is 0 Å². The summed E-state index contributed by atoms with van der Waals surface area (Å²) in [6, 6.07) is 0.0881. The molecule has 0 spiro atoms. The Morgan fingerprint density at radius 1 is 1.40 bits per heavy atom. The van der Waals surface area contributed by atoms with E-state index in [0.717, 1.165) is 18.2 Å². The molecular formula is C10H21N5. The van der Waals surface area contributed by atoms with Gasteiger partial charge in [0.05, 0.1) is 0 Å². The van der Waals surface area contributed by atoms with Crippen LogP contribution in [-0.2, 0) is 13.5 Å². The van der Waals surface area contributed by atoms with E-state index in [-0.39, 0.29) is 11.5 Å². The van der Waals surface area contributed by atoms with E-state index in [1.54, 1.807) is 0 Å². The summed E-state index contributed by atoms with van der Waals surface area (Å²) < 4.78 is 1.94. The molecule has 0 saturated carbocycles. The molecule has 1 unspecified atom stereocenters. The van der Waals surface area contributed by atoms with Crippen LogP contribution >= 0.6 is 0 Å². The van der Waals surface area contributed by atoms with Crippen LogP contribution in [0.4, 0.5) is 5.95 Å². The van der Waals surface area contributed by atoms with Crippen LogP contribution in [0.5, 0.6) is 0 Å². The van der Waals surface area contributed by atoms with E-state index in [1.165, 1.54) is 0 Å². The summed E-state index contributed by atoms with van der Waals surface area (Å²) in [4.78, 5) is 0. The topological polar surface area (TPSA) is 68.8 Å². The molecule has 0 fully saturated rings. The largest absolute Gasteiger partial charge is 0.357 e. The molecule has 0 aliphatic rings. The highest BCUT2D eigenvalue weighted by Crippen LogP contribution is 2.20. The van der Waals surface area contributed by atoms with Crippen LogP contribution < -0.4 is 11.1 Å². The molecule has 1 aromatic heterocycles. The Morgan fingerprint density at radius 3 is 2.40 bits per heavy atom. The van der Waals surface area contributed by atoms with E-state index in [1.807, 2.05) is 18.7 Å². The van der Waals surface area contributed by atoms with Gasteiger partial charge in [0.2, 0.25) is 5.95 Å². The minimum atomic E-state index is 0.0881. The van der Waals surface area contributed by atoms with Gasteiger partial charge in [0.1, 0.15) is 5.82 Å². The van der Waals surface area contributed by atoms with Crippen LogP contribution in [0.1, 0.15) is 26.6 Å². The predicted molar refractivity (Wildman–Crippen MR) is 61.7 cm³/mol. The van der Waals surface area contributed by atoms with Crippen LogP contribution in [0.25, 0.3) is 0 Å². The van der Waals surface area contributed by atoms with Gasteiger partial charge in [-0.25, -0.2) is 0 Å². The molecule has 0 saturated heterocycles. The Bertz CT molecular complexity index is 323. The Morgan fingerprint density at radius 2 is 2.00 bits per heavy atom. The number of rotatable bonds is 3. The quantitative estimate of drug-likeness (QED) is 0.775. The highest BCUT2D eigenvalue weighted by Gasteiger charge is 2.23. The lowest BCUT2D eigenvalue weighted by Gasteiger charge is -2.26. The third-order valence-corrected chi connectivity index (χ3v) is 2.70. The van der Waals surface area contributed by atoms with E-state index in [4.69, 9.17) is 5.73 Å². The Balaban J connectivity index is 2.77. The number of nitrogens with one attached hydrogen (secondary N) is 1. The zero-order valence-corrected chi connectivity index (χ0v) is 10.2. The first-order chi connectivity index (χ1) is 6.86. The van der Waals surface area contributed by atoms with Gasteiger partial charge in [-0.2, -0.15) is 0 Å². The third-order valence-electron chi connectivity index (χ3n) is 2.70. The van der Waals surface area contributed by atoms with Crippen molar-refractivity contribution in [1.82, 2.24) is 14.8 Å². The molecule has 0 aliphatic carbocycles.